The maximum Gasteiger partial charge on any atom is 0.416 e. The average molecular weight is 518 g/mol. The quantitative estimate of drug-likeness (QED) is 0.493. The summed E-state index contributed by atoms with van der Waals surface area (Å²) >= 11 is 0. The first-order valence-electron chi connectivity index (χ1n) is 11.0. The number of hydrogen-bond donors (Lipinski definition) is 2. The lowest BCUT2D eigenvalue weighted by Gasteiger charge is -2.24. The van der Waals surface area contributed by atoms with E-state index in [1.807, 2.05) is 0 Å². The van der Waals surface area contributed by atoms with Crippen molar-refractivity contribution in [2.24, 2.45) is 0 Å². The zero-order valence-corrected chi connectivity index (χ0v) is 19.6. The van der Waals surface area contributed by atoms with Crippen LogP contribution in [0.25, 0.3) is 0 Å². The van der Waals surface area contributed by atoms with Gasteiger partial charge in [0.1, 0.15) is 6.04 Å². The summed E-state index contributed by atoms with van der Waals surface area (Å²) in [5.41, 5.74) is -0.857. The Bertz CT molecular complexity index is 1380. The van der Waals surface area contributed by atoms with E-state index in [4.69, 9.17) is 0 Å². The Morgan fingerprint density at radius 2 is 1.58 bits per heavy atom. The number of carbonyl (C=O) groups excluding carboxylic acids is 2. The lowest BCUT2D eigenvalue weighted by Crippen LogP contribution is -2.43. The fourth-order valence-corrected chi connectivity index (χ4v) is 5.67. The summed E-state index contributed by atoms with van der Waals surface area (Å²) in [6, 6.07) is 17.0. The first-order valence-corrected chi connectivity index (χ1v) is 12.5. The van der Waals surface area contributed by atoms with Crippen LogP contribution in [-0.4, -0.2) is 37.1 Å². The van der Waals surface area contributed by atoms with Crippen molar-refractivity contribution in [2.45, 2.75) is 30.0 Å². The van der Waals surface area contributed by atoms with Crippen LogP contribution in [0.5, 0.6) is 0 Å². The van der Waals surface area contributed by atoms with Crippen LogP contribution in [0.3, 0.4) is 0 Å². The third-order valence-electron chi connectivity index (χ3n) is 5.73. The van der Waals surface area contributed by atoms with E-state index < -0.39 is 39.6 Å². The van der Waals surface area contributed by atoms with Gasteiger partial charge in [0.05, 0.1) is 21.7 Å². The van der Waals surface area contributed by atoms with Crippen molar-refractivity contribution in [3.63, 3.8) is 0 Å². The molecule has 0 aromatic heterocycles. The number of nitrogens with one attached hydrogen (secondary N) is 2. The molecule has 1 aliphatic heterocycles. The van der Waals surface area contributed by atoms with E-state index in [1.54, 1.807) is 30.3 Å². The van der Waals surface area contributed by atoms with Gasteiger partial charge in [0.15, 0.2) is 0 Å². The molecule has 1 fully saturated rings. The van der Waals surface area contributed by atoms with Crippen molar-refractivity contribution < 1.29 is 31.2 Å². The number of benzene rings is 3. The Hall–Kier alpha value is -3.70. The standard InChI is InChI=1S/C25H22F3N3O4S/c26-25(27,28)17-8-6-9-18(16-17)29-23(32)20-12-4-5-13-21(20)30-24(33)22-14-7-15-31(22)36(34,35)19-10-2-1-3-11-19/h1-6,8-13,16,22H,7,14-15H2,(H,29,32)(H,30,33)/t22-/m1/s1. The monoisotopic (exact) mass is 517 g/mol. The molecule has 3 aromatic carbocycles. The van der Waals surface area contributed by atoms with Gasteiger partial charge in [-0.05, 0) is 55.3 Å². The summed E-state index contributed by atoms with van der Waals surface area (Å²) in [4.78, 5) is 26.0. The van der Waals surface area contributed by atoms with Gasteiger partial charge in [0.2, 0.25) is 15.9 Å². The smallest absolute Gasteiger partial charge is 0.324 e. The van der Waals surface area contributed by atoms with Crippen molar-refractivity contribution >= 4 is 33.2 Å². The lowest BCUT2D eigenvalue weighted by molar-refractivity contribution is -0.137. The van der Waals surface area contributed by atoms with Gasteiger partial charge in [-0.15, -0.1) is 0 Å². The summed E-state index contributed by atoms with van der Waals surface area (Å²) in [6.07, 6.45) is -3.78. The van der Waals surface area contributed by atoms with E-state index in [9.17, 15) is 31.2 Å². The molecule has 0 aliphatic carbocycles. The molecule has 0 saturated carbocycles. The fraction of sp³-hybridized carbons (Fsp3) is 0.200. The predicted molar refractivity (Wildman–Crippen MR) is 128 cm³/mol. The van der Waals surface area contributed by atoms with Crippen LogP contribution in [0.4, 0.5) is 24.5 Å². The number of nitrogens with zero attached hydrogens (tertiary/aromatic N) is 1. The number of sulfonamides is 1. The minimum Gasteiger partial charge on any atom is -0.324 e. The number of amides is 2. The first kappa shape index (κ1) is 25.4. The summed E-state index contributed by atoms with van der Waals surface area (Å²) in [5.74, 6) is -1.34. The highest BCUT2D eigenvalue weighted by Crippen LogP contribution is 2.31. The van der Waals surface area contributed by atoms with Crippen molar-refractivity contribution in [3.05, 3.63) is 90.0 Å². The number of hydrogen-bond acceptors (Lipinski definition) is 4. The van der Waals surface area contributed by atoms with Gasteiger partial charge in [-0.3, -0.25) is 9.59 Å². The number of rotatable bonds is 6. The SMILES string of the molecule is O=C(Nc1cccc(C(F)(F)F)c1)c1ccccc1NC(=O)[C@H]1CCCN1S(=O)(=O)c1ccccc1. The molecule has 11 heteroatoms. The van der Waals surface area contributed by atoms with Gasteiger partial charge in [-0.1, -0.05) is 36.4 Å². The maximum atomic E-state index is 13.1. The molecule has 0 bridgehead atoms. The highest BCUT2D eigenvalue weighted by Gasteiger charge is 2.39. The average Bonchev–Trinajstić information content (AvgIpc) is 3.36. The molecule has 2 amide bonds. The zero-order valence-electron chi connectivity index (χ0n) is 18.8. The van der Waals surface area contributed by atoms with Crippen LogP contribution < -0.4 is 10.6 Å². The third kappa shape index (κ3) is 5.42. The maximum absolute atomic E-state index is 13.1. The minimum atomic E-state index is -4.57. The fourth-order valence-electron chi connectivity index (χ4n) is 4.00. The molecule has 1 atom stereocenters. The predicted octanol–water partition coefficient (Wildman–Crippen LogP) is 4.75. The third-order valence-corrected chi connectivity index (χ3v) is 7.66. The zero-order chi connectivity index (χ0) is 25.9. The summed E-state index contributed by atoms with van der Waals surface area (Å²) < 4.78 is 66.3. The Kier molecular flexibility index (Phi) is 7.14. The number of alkyl halides is 3. The van der Waals surface area contributed by atoms with Crippen LogP contribution in [0.1, 0.15) is 28.8 Å². The lowest BCUT2D eigenvalue weighted by atomic mass is 10.1. The Morgan fingerprint density at radius 1 is 0.889 bits per heavy atom. The van der Waals surface area contributed by atoms with Crippen molar-refractivity contribution in [1.29, 1.82) is 0 Å². The van der Waals surface area contributed by atoms with E-state index >= 15 is 0 Å². The van der Waals surface area contributed by atoms with E-state index in [2.05, 4.69) is 10.6 Å². The van der Waals surface area contributed by atoms with Crippen LogP contribution in [0.2, 0.25) is 0 Å². The number of anilines is 2. The molecule has 4 rings (SSSR count). The van der Waals surface area contributed by atoms with Crippen LogP contribution in [0, 0.1) is 0 Å². The largest absolute Gasteiger partial charge is 0.416 e. The van der Waals surface area contributed by atoms with Crippen LogP contribution in [-0.2, 0) is 21.0 Å². The molecule has 0 spiro atoms. The van der Waals surface area contributed by atoms with E-state index in [0.29, 0.717) is 12.8 Å². The number of para-hydroxylation sites is 1. The Labute approximate surface area is 206 Å². The topological polar surface area (TPSA) is 95.6 Å². The highest BCUT2D eigenvalue weighted by molar-refractivity contribution is 7.89. The van der Waals surface area contributed by atoms with Crippen LogP contribution >= 0.6 is 0 Å². The summed E-state index contributed by atoms with van der Waals surface area (Å²) in [5, 5.41) is 5.03. The molecule has 0 unspecified atom stereocenters. The highest BCUT2D eigenvalue weighted by atomic mass is 32.2. The molecule has 1 heterocycles. The van der Waals surface area contributed by atoms with E-state index in [1.165, 1.54) is 36.4 Å². The van der Waals surface area contributed by atoms with Gasteiger partial charge in [0.25, 0.3) is 5.91 Å². The number of halogens is 3. The molecule has 1 aliphatic rings. The van der Waals surface area contributed by atoms with Gasteiger partial charge in [-0.2, -0.15) is 17.5 Å². The molecule has 2 N–H and O–H groups in total. The molecule has 3 aromatic rings. The Balaban J connectivity index is 1.53. The van der Waals surface area contributed by atoms with Gasteiger partial charge in [0, 0.05) is 12.2 Å². The van der Waals surface area contributed by atoms with Gasteiger partial charge in [-0.25, -0.2) is 8.42 Å². The molecule has 0 radical (unpaired) electrons. The normalized spacial score (nSPS) is 16.5. The van der Waals surface area contributed by atoms with Crippen molar-refractivity contribution in [2.75, 3.05) is 17.2 Å². The van der Waals surface area contributed by atoms with E-state index in [-0.39, 0.29) is 28.4 Å². The molecule has 7 nitrogen and oxygen atoms in total. The minimum absolute atomic E-state index is 0.0127. The molecule has 36 heavy (non-hydrogen) atoms. The van der Waals surface area contributed by atoms with E-state index in [0.717, 1.165) is 16.4 Å². The second-order valence-electron chi connectivity index (χ2n) is 8.15. The summed E-state index contributed by atoms with van der Waals surface area (Å²) in [6.45, 7) is 0.174. The van der Waals surface area contributed by atoms with Gasteiger partial charge < -0.3 is 10.6 Å². The molecule has 188 valence electrons. The first-order chi connectivity index (χ1) is 17.1. The van der Waals surface area contributed by atoms with Gasteiger partial charge >= 0.3 is 6.18 Å². The molecular formula is C25H22F3N3O4S. The molecular weight excluding hydrogens is 495 g/mol. The van der Waals surface area contributed by atoms with Crippen molar-refractivity contribution in [1.82, 2.24) is 4.31 Å². The Morgan fingerprint density at radius 3 is 2.31 bits per heavy atom. The summed E-state index contributed by atoms with van der Waals surface area (Å²) in [7, 11) is -3.91. The second-order valence-corrected chi connectivity index (χ2v) is 10.0. The van der Waals surface area contributed by atoms with Crippen molar-refractivity contribution in [3.8, 4) is 0 Å². The number of carbonyl (C=O) groups is 2. The van der Waals surface area contributed by atoms with Crippen LogP contribution in [0.15, 0.2) is 83.8 Å². The second kappa shape index (κ2) is 10.1. The molecule has 1 saturated heterocycles.